The molecule has 5 heteroatoms. The monoisotopic (exact) mass is 243 g/mol. The van der Waals surface area contributed by atoms with Gasteiger partial charge in [-0.25, -0.2) is 0 Å². The molecule has 4 nitrogen and oxygen atoms in total. The molecule has 0 aliphatic carbocycles. The second kappa shape index (κ2) is 5.72. The van der Waals surface area contributed by atoms with E-state index in [4.69, 9.17) is 21.1 Å². The zero-order valence-corrected chi connectivity index (χ0v) is 10.2. The number of benzene rings is 1. The number of ether oxygens (including phenoxy) is 2. The molecule has 16 heavy (non-hydrogen) atoms. The van der Waals surface area contributed by atoms with Gasteiger partial charge in [0.25, 0.3) is 0 Å². The minimum Gasteiger partial charge on any atom is -0.496 e. The van der Waals surface area contributed by atoms with Crippen LogP contribution in [-0.2, 0) is 0 Å². The molecule has 1 rings (SSSR count). The fourth-order valence-corrected chi connectivity index (χ4v) is 1.66. The summed E-state index contributed by atoms with van der Waals surface area (Å²) in [4.78, 5) is 11.9. The average Bonchev–Trinajstić information content (AvgIpc) is 2.28. The molecular weight excluding hydrogens is 230 g/mol. The maximum atomic E-state index is 11.9. The average molecular weight is 244 g/mol. The van der Waals surface area contributed by atoms with E-state index in [2.05, 4.69) is 5.32 Å². The van der Waals surface area contributed by atoms with Crippen molar-refractivity contribution in [3.8, 4) is 11.5 Å². The molecule has 0 radical (unpaired) electrons. The third kappa shape index (κ3) is 2.46. The van der Waals surface area contributed by atoms with E-state index in [1.807, 2.05) is 0 Å². The molecule has 0 saturated heterocycles. The summed E-state index contributed by atoms with van der Waals surface area (Å²) >= 11 is 5.95. The second-order valence-electron chi connectivity index (χ2n) is 3.11. The molecule has 0 amide bonds. The molecule has 0 heterocycles. The molecule has 1 aromatic carbocycles. The molecule has 0 aliphatic rings. The number of ketones is 1. The highest BCUT2D eigenvalue weighted by atomic mass is 35.5. The summed E-state index contributed by atoms with van der Waals surface area (Å²) in [6.45, 7) is 0.201. The number of rotatable bonds is 5. The summed E-state index contributed by atoms with van der Waals surface area (Å²) in [6, 6.07) is 3.28. The fraction of sp³-hybridized carbons (Fsp3) is 0.364. The van der Waals surface area contributed by atoms with Gasteiger partial charge >= 0.3 is 0 Å². The fourth-order valence-electron chi connectivity index (χ4n) is 1.42. The van der Waals surface area contributed by atoms with E-state index in [1.54, 1.807) is 19.2 Å². The molecule has 1 aromatic rings. The van der Waals surface area contributed by atoms with Gasteiger partial charge in [-0.1, -0.05) is 11.6 Å². The van der Waals surface area contributed by atoms with Crippen molar-refractivity contribution >= 4 is 17.4 Å². The first-order valence-electron chi connectivity index (χ1n) is 4.74. The number of Topliss-reactive ketones (excluding diaryl/α,β-unsaturated/α-hetero) is 1. The standard InChI is InChI=1S/C11H14ClNO3/c1-13-6-8(14)10-9(15-2)5-4-7(12)11(10)16-3/h4-5,13H,6H2,1-3H3. The van der Waals surface area contributed by atoms with E-state index < -0.39 is 0 Å². The van der Waals surface area contributed by atoms with Crippen LogP contribution in [0, 0.1) is 0 Å². The largest absolute Gasteiger partial charge is 0.496 e. The van der Waals surface area contributed by atoms with Gasteiger partial charge in [-0.15, -0.1) is 0 Å². The summed E-state index contributed by atoms with van der Waals surface area (Å²) in [5.41, 5.74) is 0.367. The number of nitrogens with one attached hydrogen (secondary N) is 1. The zero-order valence-electron chi connectivity index (χ0n) is 9.46. The van der Waals surface area contributed by atoms with Gasteiger partial charge in [0.1, 0.15) is 11.3 Å². The van der Waals surface area contributed by atoms with Crippen LogP contribution in [0.1, 0.15) is 10.4 Å². The van der Waals surface area contributed by atoms with Crippen molar-refractivity contribution in [3.05, 3.63) is 22.7 Å². The Morgan fingerprint density at radius 1 is 1.38 bits per heavy atom. The van der Waals surface area contributed by atoms with Crippen molar-refractivity contribution in [1.29, 1.82) is 0 Å². The van der Waals surface area contributed by atoms with Gasteiger partial charge < -0.3 is 14.8 Å². The van der Waals surface area contributed by atoms with Gasteiger partial charge in [-0.05, 0) is 19.2 Å². The maximum Gasteiger partial charge on any atom is 0.184 e. The van der Waals surface area contributed by atoms with Crippen LogP contribution in [0.25, 0.3) is 0 Å². The molecule has 0 saturated carbocycles. The second-order valence-corrected chi connectivity index (χ2v) is 3.52. The molecule has 0 bridgehead atoms. The predicted molar refractivity (Wildman–Crippen MR) is 62.8 cm³/mol. The van der Waals surface area contributed by atoms with E-state index in [-0.39, 0.29) is 12.3 Å². The Balaban J connectivity index is 3.30. The van der Waals surface area contributed by atoms with Crippen molar-refractivity contribution in [2.24, 2.45) is 0 Å². The lowest BCUT2D eigenvalue weighted by atomic mass is 10.1. The smallest absolute Gasteiger partial charge is 0.184 e. The van der Waals surface area contributed by atoms with Crippen LogP contribution in [0.4, 0.5) is 0 Å². The summed E-state index contributed by atoms with van der Waals surface area (Å²) in [5, 5.41) is 3.18. The van der Waals surface area contributed by atoms with Gasteiger partial charge in [0, 0.05) is 0 Å². The Hall–Kier alpha value is -1.26. The maximum absolute atomic E-state index is 11.9. The van der Waals surface area contributed by atoms with Crippen LogP contribution in [0.5, 0.6) is 11.5 Å². The first-order chi connectivity index (χ1) is 7.65. The Labute approximate surface area is 99.5 Å². The van der Waals surface area contributed by atoms with Gasteiger partial charge in [0.2, 0.25) is 0 Å². The van der Waals surface area contributed by atoms with Gasteiger partial charge in [0.15, 0.2) is 11.5 Å². The van der Waals surface area contributed by atoms with Crippen LogP contribution < -0.4 is 14.8 Å². The first kappa shape index (κ1) is 12.8. The number of hydrogen-bond donors (Lipinski definition) is 1. The van der Waals surface area contributed by atoms with Crippen molar-refractivity contribution in [1.82, 2.24) is 5.32 Å². The number of carbonyl (C=O) groups is 1. The Bertz CT molecular complexity index is 393. The first-order valence-corrected chi connectivity index (χ1v) is 5.11. The molecule has 0 unspecified atom stereocenters. The zero-order chi connectivity index (χ0) is 12.1. The van der Waals surface area contributed by atoms with E-state index in [0.29, 0.717) is 22.1 Å². The quantitative estimate of drug-likeness (QED) is 0.801. The van der Waals surface area contributed by atoms with Crippen molar-refractivity contribution in [2.75, 3.05) is 27.8 Å². The van der Waals surface area contributed by atoms with Crippen molar-refractivity contribution in [2.45, 2.75) is 0 Å². The number of methoxy groups -OCH3 is 2. The summed E-state index contributed by atoms with van der Waals surface area (Å²) < 4.78 is 10.2. The van der Waals surface area contributed by atoms with Crippen LogP contribution in [0.2, 0.25) is 5.02 Å². The molecular formula is C11H14ClNO3. The van der Waals surface area contributed by atoms with E-state index in [1.165, 1.54) is 14.2 Å². The van der Waals surface area contributed by atoms with Gasteiger partial charge in [-0.3, -0.25) is 4.79 Å². The highest BCUT2D eigenvalue weighted by Crippen LogP contribution is 2.35. The lowest BCUT2D eigenvalue weighted by Gasteiger charge is -2.13. The lowest BCUT2D eigenvalue weighted by Crippen LogP contribution is -2.20. The van der Waals surface area contributed by atoms with E-state index >= 15 is 0 Å². The molecule has 1 N–H and O–H groups in total. The van der Waals surface area contributed by atoms with E-state index in [0.717, 1.165) is 0 Å². The number of carbonyl (C=O) groups excluding carboxylic acids is 1. The number of likely N-dealkylation sites (N-methyl/N-ethyl adjacent to an activating group) is 1. The van der Waals surface area contributed by atoms with Crippen LogP contribution in [0.15, 0.2) is 12.1 Å². The highest BCUT2D eigenvalue weighted by Gasteiger charge is 2.20. The summed E-state index contributed by atoms with van der Waals surface area (Å²) in [5.74, 6) is 0.682. The Kier molecular flexibility index (Phi) is 4.58. The van der Waals surface area contributed by atoms with Crippen LogP contribution in [0.3, 0.4) is 0 Å². The minimum atomic E-state index is -0.126. The summed E-state index contributed by atoms with van der Waals surface area (Å²) in [7, 11) is 4.66. The molecule has 0 atom stereocenters. The normalized spacial score (nSPS) is 10.0. The molecule has 0 spiro atoms. The molecule has 0 fully saturated rings. The van der Waals surface area contributed by atoms with Crippen LogP contribution in [-0.4, -0.2) is 33.6 Å². The lowest BCUT2D eigenvalue weighted by molar-refractivity contribution is 0.0987. The molecule has 0 aliphatic heterocycles. The Morgan fingerprint density at radius 2 is 2.06 bits per heavy atom. The van der Waals surface area contributed by atoms with Crippen molar-refractivity contribution in [3.63, 3.8) is 0 Å². The third-order valence-electron chi connectivity index (χ3n) is 2.11. The van der Waals surface area contributed by atoms with Gasteiger partial charge in [0.05, 0.1) is 25.8 Å². The molecule has 88 valence electrons. The minimum absolute atomic E-state index is 0.126. The van der Waals surface area contributed by atoms with Gasteiger partial charge in [-0.2, -0.15) is 0 Å². The Morgan fingerprint density at radius 3 is 2.56 bits per heavy atom. The number of hydrogen-bond acceptors (Lipinski definition) is 4. The predicted octanol–water partition coefficient (Wildman–Crippen LogP) is 1.76. The number of halogens is 1. The summed E-state index contributed by atoms with van der Waals surface area (Å²) in [6.07, 6.45) is 0. The van der Waals surface area contributed by atoms with Crippen LogP contribution >= 0.6 is 11.6 Å². The van der Waals surface area contributed by atoms with E-state index in [9.17, 15) is 4.79 Å². The highest BCUT2D eigenvalue weighted by molar-refractivity contribution is 6.33. The SMILES string of the molecule is CNCC(=O)c1c(OC)ccc(Cl)c1OC. The van der Waals surface area contributed by atoms with Crippen molar-refractivity contribution < 1.29 is 14.3 Å². The third-order valence-corrected chi connectivity index (χ3v) is 2.41. The molecule has 0 aromatic heterocycles. The topological polar surface area (TPSA) is 47.6 Å².